The van der Waals surface area contributed by atoms with Gasteiger partial charge in [-0.15, -0.1) is 23.1 Å². The molecule has 0 radical (unpaired) electrons. The summed E-state index contributed by atoms with van der Waals surface area (Å²) in [6.45, 7) is 0. The second kappa shape index (κ2) is 14.2. The number of thioether (sulfide) groups is 1. The number of thiazole rings is 1. The summed E-state index contributed by atoms with van der Waals surface area (Å²) in [5.74, 6) is -0.689. The maximum Gasteiger partial charge on any atom is 0.272 e. The van der Waals surface area contributed by atoms with Gasteiger partial charge in [0.1, 0.15) is 11.5 Å². The molecule has 43 heavy (non-hydrogen) atoms. The lowest BCUT2D eigenvalue weighted by molar-refractivity contribution is -0.114. The van der Waals surface area contributed by atoms with Gasteiger partial charge in [0.2, 0.25) is 5.91 Å². The van der Waals surface area contributed by atoms with Gasteiger partial charge in [-0.1, -0.05) is 53.5 Å². The average molecular weight is 650 g/mol. The first-order chi connectivity index (χ1) is 20.8. The molecule has 0 unspecified atom stereocenters. The van der Waals surface area contributed by atoms with Crippen molar-refractivity contribution in [3.8, 4) is 11.3 Å². The van der Waals surface area contributed by atoms with Gasteiger partial charge in [0.05, 0.1) is 27.8 Å². The first-order valence-corrected chi connectivity index (χ1v) is 15.3. The van der Waals surface area contributed by atoms with Crippen LogP contribution >= 0.6 is 46.3 Å². The number of aromatic nitrogens is 1. The van der Waals surface area contributed by atoms with Crippen molar-refractivity contribution in [2.75, 3.05) is 16.4 Å². The first kappa shape index (κ1) is 30.1. The van der Waals surface area contributed by atoms with Crippen LogP contribution in [0.4, 0.5) is 10.8 Å². The van der Waals surface area contributed by atoms with E-state index in [9.17, 15) is 14.4 Å². The molecule has 2 aromatic heterocycles. The lowest BCUT2D eigenvalue weighted by Crippen LogP contribution is -2.30. The fourth-order valence-corrected chi connectivity index (χ4v) is 5.53. The third-order valence-electron chi connectivity index (χ3n) is 5.79. The Bertz CT molecular complexity index is 1790. The van der Waals surface area contributed by atoms with Crippen molar-refractivity contribution in [3.05, 3.63) is 124 Å². The van der Waals surface area contributed by atoms with Crippen LogP contribution in [0.5, 0.6) is 0 Å². The molecule has 0 aliphatic carbocycles. The van der Waals surface area contributed by atoms with E-state index in [4.69, 9.17) is 27.6 Å². The molecular weight excluding hydrogens is 627 g/mol. The van der Waals surface area contributed by atoms with Gasteiger partial charge in [0.25, 0.3) is 11.8 Å². The molecule has 8 nitrogen and oxygen atoms in total. The molecule has 5 rings (SSSR count). The number of anilines is 2. The number of carbonyl (C=O) groups is 3. The number of nitrogens with zero attached hydrogens (tertiary/aromatic N) is 1. The van der Waals surface area contributed by atoms with Gasteiger partial charge in [-0.05, 0) is 54.6 Å². The van der Waals surface area contributed by atoms with Gasteiger partial charge in [0.15, 0.2) is 5.13 Å². The summed E-state index contributed by atoms with van der Waals surface area (Å²) < 4.78 is 5.34. The number of hydrogen-bond acceptors (Lipinski definition) is 7. The number of furan rings is 1. The summed E-state index contributed by atoms with van der Waals surface area (Å²) in [5, 5.41) is 11.4. The lowest BCUT2D eigenvalue weighted by Gasteiger charge is -2.12. The molecule has 0 fully saturated rings. The summed E-state index contributed by atoms with van der Waals surface area (Å²) in [5.41, 5.74) is 2.36. The van der Waals surface area contributed by atoms with Gasteiger partial charge in [-0.25, -0.2) is 4.98 Å². The van der Waals surface area contributed by atoms with Crippen LogP contribution in [0.15, 0.2) is 112 Å². The molecule has 0 aliphatic rings. The van der Waals surface area contributed by atoms with Crippen molar-refractivity contribution in [1.82, 2.24) is 10.3 Å². The average Bonchev–Trinajstić information content (AvgIpc) is 3.70. The van der Waals surface area contributed by atoms with Gasteiger partial charge >= 0.3 is 0 Å². The zero-order chi connectivity index (χ0) is 30.2. The minimum absolute atomic E-state index is 0.00456. The zero-order valence-corrected chi connectivity index (χ0v) is 25.3. The topological polar surface area (TPSA) is 113 Å². The Morgan fingerprint density at radius 1 is 0.907 bits per heavy atom. The molecule has 0 bridgehead atoms. The molecular formula is C31H22Cl2N4O4S2. The highest BCUT2D eigenvalue weighted by atomic mass is 35.5. The van der Waals surface area contributed by atoms with Crippen molar-refractivity contribution >= 4 is 80.9 Å². The Kier molecular flexibility index (Phi) is 9.96. The van der Waals surface area contributed by atoms with Crippen molar-refractivity contribution < 1.29 is 18.8 Å². The quantitative estimate of drug-likeness (QED) is 0.105. The molecule has 0 saturated heterocycles. The number of carbonyl (C=O) groups excluding carboxylic acids is 3. The third-order valence-corrected chi connectivity index (χ3v) is 8.28. The van der Waals surface area contributed by atoms with Gasteiger partial charge in [-0.2, -0.15) is 0 Å². The molecule has 12 heteroatoms. The predicted molar refractivity (Wildman–Crippen MR) is 173 cm³/mol. The maximum absolute atomic E-state index is 13.2. The largest absolute Gasteiger partial charge is 0.465 e. The third kappa shape index (κ3) is 8.36. The standard InChI is InChI=1S/C31H22Cl2N4O4S2/c32-24-12-11-20(14-25(24)33)27-17-43-31(36-27)37-28(38)18-42-23-10-4-8-21(15-23)34-30(40)26(16-22-9-5-13-41-22)35-29(39)19-6-2-1-3-7-19/h1-17H,18H2,(H,34,40)(H,35,39)(H,36,37,38)/b26-16-. The maximum atomic E-state index is 13.2. The highest BCUT2D eigenvalue weighted by molar-refractivity contribution is 8.00. The van der Waals surface area contributed by atoms with Crippen LogP contribution < -0.4 is 16.0 Å². The minimum atomic E-state index is -0.540. The number of amides is 3. The van der Waals surface area contributed by atoms with Gasteiger partial charge < -0.3 is 20.4 Å². The molecule has 2 heterocycles. The summed E-state index contributed by atoms with van der Waals surface area (Å²) in [4.78, 5) is 43.8. The summed E-state index contributed by atoms with van der Waals surface area (Å²) >= 11 is 14.7. The van der Waals surface area contributed by atoms with Crippen molar-refractivity contribution in [3.63, 3.8) is 0 Å². The Labute approximate surface area is 265 Å². The zero-order valence-electron chi connectivity index (χ0n) is 22.2. The lowest BCUT2D eigenvalue weighted by atomic mass is 10.2. The molecule has 0 saturated carbocycles. The van der Waals surface area contributed by atoms with E-state index in [1.54, 1.807) is 72.8 Å². The molecule has 0 spiro atoms. The fourth-order valence-electron chi connectivity index (χ4n) is 3.74. The first-order valence-electron chi connectivity index (χ1n) is 12.7. The molecule has 5 aromatic rings. The summed E-state index contributed by atoms with van der Waals surface area (Å²) in [7, 11) is 0. The van der Waals surface area contributed by atoms with E-state index < -0.39 is 11.8 Å². The van der Waals surface area contributed by atoms with Crippen LogP contribution in [0.3, 0.4) is 0 Å². The molecule has 3 N–H and O–H groups in total. The Morgan fingerprint density at radius 2 is 1.74 bits per heavy atom. The van der Waals surface area contributed by atoms with E-state index >= 15 is 0 Å². The highest BCUT2D eigenvalue weighted by Crippen LogP contribution is 2.31. The smallest absolute Gasteiger partial charge is 0.272 e. The Hall–Kier alpha value is -4.35. The van der Waals surface area contributed by atoms with E-state index in [2.05, 4.69) is 20.9 Å². The molecule has 3 amide bonds. The van der Waals surface area contributed by atoms with E-state index in [-0.39, 0.29) is 17.4 Å². The van der Waals surface area contributed by atoms with Crippen molar-refractivity contribution in [2.45, 2.75) is 4.90 Å². The van der Waals surface area contributed by atoms with E-state index in [1.165, 1.54) is 35.4 Å². The molecule has 216 valence electrons. The number of benzene rings is 3. The van der Waals surface area contributed by atoms with Crippen LogP contribution in [-0.2, 0) is 9.59 Å². The highest BCUT2D eigenvalue weighted by Gasteiger charge is 2.16. The summed E-state index contributed by atoms with van der Waals surface area (Å²) in [6.07, 6.45) is 2.92. The second-order valence-electron chi connectivity index (χ2n) is 8.88. The number of rotatable bonds is 10. The van der Waals surface area contributed by atoms with E-state index in [1.807, 2.05) is 17.5 Å². The van der Waals surface area contributed by atoms with Gasteiger partial charge in [-0.3, -0.25) is 14.4 Å². The van der Waals surface area contributed by atoms with Crippen LogP contribution in [0.1, 0.15) is 16.1 Å². The van der Waals surface area contributed by atoms with E-state index in [0.717, 1.165) is 10.5 Å². The molecule has 3 aromatic carbocycles. The van der Waals surface area contributed by atoms with Gasteiger partial charge in [0, 0.05) is 33.2 Å². The number of nitrogens with one attached hydrogen (secondary N) is 3. The minimum Gasteiger partial charge on any atom is -0.465 e. The molecule has 0 aliphatic heterocycles. The van der Waals surface area contributed by atoms with Crippen LogP contribution in [0, 0.1) is 0 Å². The van der Waals surface area contributed by atoms with Crippen molar-refractivity contribution in [1.29, 1.82) is 0 Å². The Morgan fingerprint density at radius 3 is 2.51 bits per heavy atom. The van der Waals surface area contributed by atoms with Crippen LogP contribution in [0.2, 0.25) is 10.0 Å². The van der Waals surface area contributed by atoms with Crippen molar-refractivity contribution in [2.24, 2.45) is 0 Å². The molecule has 0 atom stereocenters. The normalized spacial score (nSPS) is 11.2. The number of halogens is 2. The second-order valence-corrected chi connectivity index (χ2v) is 11.6. The Balaban J connectivity index is 1.19. The SMILES string of the molecule is O=C(CSc1cccc(NC(=O)/C(=C/c2ccco2)NC(=O)c2ccccc2)c1)Nc1nc(-c2ccc(Cl)c(Cl)c2)cs1. The monoisotopic (exact) mass is 648 g/mol. The van der Waals surface area contributed by atoms with E-state index in [0.29, 0.717) is 37.9 Å². The predicted octanol–water partition coefficient (Wildman–Crippen LogP) is 7.85. The summed E-state index contributed by atoms with van der Waals surface area (Å²) in [6, 6.07) is 24.2. The fraction of sp³-hybridized carbons (Fsp3) is 0.0323. The van der Waals surface area contributed by atoms with Crippen LogP contribution in [0.25, 0.3) is 17.3 Å². The number of hydrogen-bond donors (Lipinski definition) is 3. The van der Waals surface area contributed by atoms with Crippen LogP contribution in [-0.4, -0.2) is 28.5 Å².